The highest BCUT2D eigenvalue weighted by Gasteiger charge is 2.15. The monoisotopic (exact) mass is 490 g/mol. The smallest absolute Gasteiger partial charge is 0.405 e. The van der Waals surface area contributed by atoms with Crippen LogP contribution in [0.2, 0.25) is 5.02 Å². The second kappa shape index (κ2) is 15.0. The summed E-state index contributed by atoms with van der Waals surface area (Å²) in [6.45, 7) is 7.36. The summed E-state index contributed by atoms with van der Waals surface area (Å²) in [5, 5.41) is 2.03. The van der Waals surface area contributed by atoms with Crippen LogP contribution in [-0.2, 0) is 23.9 Å². The Balaban J connectivity index is 0.000000485. The number of nitrogens with two attached hydrogens (primary N) is 2. The topological polar surface area (TPSA) is 154 Å². The Morgan fingerprint density at radius 2 is 1.70 bits per heavy atom. The largest absolute Gasteiger partial charge is 0.444 e. The van der Waals surface area contributed by atoms with E-state index in [1.165, 1.54) is 18.6 Å². The lowest BCUT2D eigenvalue weighted by molar-refractivity contribution is -0.136. The number of methoxy groups -OCH3 is 1. The van der Waals surface area contributed by atoms with Crippen LogP contribution in [0.1, 0.15) is 40.0 Å². The van der Waals surface area contributed by atoms with Crippen molar-refractivity contribution < 1.29 is 33.0 Å². The quantitative estimate of drug-likeness (QED) is 0.553. The molecule has 0 spiro atoms. The Morgan fingerprint density at radius 3 is 2.09 bits per heavy atom. The number of hydrogen-bond donors (Lipinski definition) is 3. The number of primary amides is 2. The normalized spacial score (nSPS) is 12.8. The van der Waals surface area contributed by atoms with Gasteiger partial charge in [0.2, 0.25) is 5.91 Å². The molecule has 12 heteroatoms. The molecular formula is C21H32ClFN4O6. The van der Waals surface area contributed by atoms with Crippen molar-refractivity contribution >= 4 is 41.1 Å². The van der Waals surface area contributed by atoms with Crippen LogP contribution in [0.4, 0.5) is 14.9 Å². The molecular weight excluding hydrogens is 459 g/mol. The summed E-state index contributed by atoms with van der Waals surface area (Å²) in [7, 11) is 1.56. The maximum Gasteiger partial charge on any atom is 0.405 e. The number of anilines is 1. The molecule has 1 heterocycles. The van der Waals surface area contributed by atoms with Crippen molar-refractivity contribution in [2.45, 2.75) is 45.6 Å². The van der Waals surface area contributed by atoms with E-state index in [0.717, 1.165) is 32.0 Å². The fourth-order valence-corrected chi connectivity index (χ4v) is 2.54. The van der Waals surface area contributed by atoms with Crippen molar-refractivity contribution in [3.8, 4) is 0 Å². The van der Waals surface area contributed by atoms with Gasteiger partial charge in [0.05, 0.1) is 5.02 Å². The van der Waals surface area contributed by atoms with Gasteiger partial charge in [0, 0.05) is 25.9 Å². The van der Waals surface area contributed by atoms with Gasteiger partial charge in [-0.25, -0.2) is 9.18 Å². The molecule has 0 saturated carbocycles. The molecule has 0 aliphatic carbocycles. The van der Waals surface area contributed by atoms with Gasteiger partial charge >= 0.3 is 17.9 Å². The molecule has 1 aliphatic rings. The van der Waals surface area contributed by atoms with Gasteiger partial charge in [-0.15, -0.1) is 0 Å². The minimum Gasteiger partial charge on any atom is -0.444 e. The summed E-state index contributed by atoms with van der Waals surface area (Å²) in [5.41, 5.74) is 9.07. The first-order valence-electron chi connectivity index (χ1n) is 10.1. The first-order valence-corrected chi connectivity index (χ1v) is 10.5. The molecule has 1 aromatic rings. The average molecular weight is 491 g/mol. The lowest BCUT2D eigenvalue weighted by Gasteiger charge is -2.26. The highest BCUT2D eigenvalue weighted by atomic mass is 35.5. The highest BCUT2D eigenvalue weighted by Crippen LogP contribution is 2.18. The van der Waals surface area contributed by atoms with Crippen molar-refractivity contribution in [2.75, 3.05) is 32.1 Å². The minimum absolute atomic E-state index is 0.0675. The second-order valence-corrected chi connectivity index (χ2v) is 8.26. The van der Waals surface area contributed by atoms with E-state index in [2.05, 4.69) is 15.8 Å². The van der Waals surface area contributed by atoms with E-state index in [4.69, 9.17) is 22.1 Å². The number of likely N-dealkylation sites (tertiary alicyclic amines) is 1. The lowest BCUT2D eigenvalue weighted by Crippen LogP contribution is -2.37. The number of carbonyl (C=O) groups excluding carboxylic acids is 4. The number of nitrogens with one attached hydrogen (secondary N) is 1. The van der Waals surface area contributed by atoms with Gasteiger partial charge in [0.15, 0.2) is 0 Å². The van der Waals surface area contributed by atoms with Crippen LogP contribution in [0, 0.1) is 5.82 Å². The van der Waals surface area contributed by atoms with Crippen LogP contribution in [0.15, 0.2) is 18.2 Å². The van der Waals surface area contributed by atoms with Crippen LogP contribution >= 0.6 is 11.6 Å². The van der Waals surface area contributed by atoms with Crippen LogP contribution in [0.25, 0.3) is 0 Å². The third-order valence-electron chi connectivity index (χ3n) is 3.78. The average Bonchev–Trinajstić information content (AvgIpc) is 2.70. The summed E-state index contributed by atoms with van der Waals surface area (Å²) in [5.74, 6) is -2.70. The molecule has 0 radical (unpaired) electrons. The van der Waals surface area contributed by atoms with Gasteiger partial charge < -0.3 is 31.2 Å². The van der Waals surface area contributed by atoms with Crippen molar-refractivity contribution in [2.24, 2.45) is 11.5 Å². The van der Waals surface area contributed by atoms with Crippen molar-refractivity contribution in [3.05, 3.63) is 29.0 Å². The Hall–Kier alpha value is -2.92. The predicted molar refractivity (Wildman–Crippen MR) is 122 cm³/mol. The predicted octanol–water partition coefficient (Wildman–Crippen LogP) is 2.43. The Labute approximate surface area is 197 Å². The van der Waals surface area contributed by atoms with E-state index >= 15 is 0 Å². The van der Waals surface area contributed by atoms with Gasteiger partial charge in [0.1, 0.15) is 18.0 Å². The van der Waals surface area contributed by atoms with Gasteiger partial charge in [0.25, 0.3) is 0 Å². The van der Waals surface area contributed by atoms with Crippen LogP contribution in [-0.4, -0.2) is 61.1 Å². The van der Waals surface area contributed by atoms with Crippen LogP contribution in [0.5, 0.6) is 0 Å². The first-order chi connectivity index (χ1) is 15.3. The van der Waals surface area contributed by atoms with E-state index in [0.29, 0.717) is 0 Å². The number of hydrogen-bond acceptors (Lipinski definition) is 6. The SMILES string of the molecule is CC(C)(C)OC(N)=O.COCC(=O)N1CCCCC1.NC(=O)C(=O)Nc1ccc(Cl)c(F)c1. The van der Waals surface area contributed by atoms with Crippen molar-refractivity contribution in [1.29, 1.82) is 0 Å². The van der Waals surface area contributed by atoms with E-state index in [9.17, 15) is 23.6 Å². The molecule has 0 bridgehead atoms. The molecule has 0 atom stereocenters. The number of benzene rings is 1. The van der Waals surface area contributed by atoms with Crippen LogP contribution < -0.4 is 16.8 Å². The fourth-order valence-electron chi connectivity index (χ4n) is 2.43. The lowest BCUT2D eigenvalue weighted by atomic mass is 10.1. The molecule has 0 aromatic heterocycles. The molecule has 1 saturated heterocycles. The molecule has 33 heavy (non-hydrogen) atoms. The molecule has 5 N–H and O–H groups in total. The molecule has 10 nitrogen and oxygen atoms in total. The maximum absolute atomic E-state index is 12.8. The van der Waals surface area contributed by atoms with Crippen molar-refractivity contribution in [3.63, 3.8) is 0 Å². The van der Waals surface area contributed by atoms with E-state index in [1.807, 2.05) is 4.90 Å². The summed E-state index contributed by atoms with van der Waals surface area (Å²) < 4.78 is 22.2. The maximum atomic E-state index is 12.8. The fraction of sp³-hybridized carbons (Fsp3) is 0.524. The molecule has 1 aliphatic heterocycles. The van der Waals surface area contributed by atoms with Gasteiger partial charge in [-0.1, -0.05) is 11.6 Å². The number of nitrogens with zero attached hydrogens (tertiary/aromatic N) is 1. The number of amides is 4. The zero-order valence-electron chi connectivity index (χ0n) is 19.3. The second-order valence-electron chi connectivity index (χ2n) is 7.86. The van der Waals surface area contributed by atoms with Gasteiger partial charge in [-0.05, 0) is 58.2 Å². The summed E-state index contributed by atoms with van der Waals surface area (Å²) >= 11 is 5.40. The summed E-state index contributed by atoms with van der Waals surface area (Å²) in [6, 6.07) is 3.60. The third-order valence-corrected chi connectivity index (χ3v) is 4.09. The summed E-state index contributed by atoms with van der Waals surface area (Å²) in [4.78, 5) is 44.2. The standard InChI is InChI=1S/C8H6ClFN2O2.C8H15NO2.C5H11NO2/c9-5-2-1-4(3-6(5)10)12-8(14)7(11)13;1-11-7-8(10)9-5-3-2-4-6-9;1-5(2,3)8-4(6)7/h1-3H,(H2,11,13)(H,12,14);2-7H2,1H3;1-3H3,(H2,6,7). The minimum atomic E-state index is -1.14. The number of carbonyl (C=O) groups is 4. The molecule has 4 amide bonds. The van der Waals surface area contributed by atoms with E-state index in [-0.39, 0.29) is 23.2 Å². The highest BCUT2D eigenvalue weighted by molar-refractivity contribution is 6.39. The van der Waals surface area contributed by atoms with E-state index < -0.39 is 29.3 Å². The number of rotatable bonds is 3. The van der Waals surface area contributed by atoms with Crippen molar-refractivity contribution in [1.82, 2.24) is 4.90 Å². The Bertz CT molecular complexity index is 810. The number of halogens is 2. The molecule has 1 fully saturated rings. The van der Waals surface area contributed by atoms with Gasteiger partial charge in [-0.3, -0.25) is 14.4 Å². The van der Waals surface area contributed by atoms with Gasteiger partial charge in [-0.2, -0.15) is 0 Å². The zero-order valence-corrected chi connectivity index (χ0v) is 20.0. The third kappa shape index (κ3) is 14.7. The first kappa shape index (κ1) is 30.1. The van der Waals surface area contributed by atoms with E-state index in [1.54, 1.807) is 27.9 Å². The molecule has 0 unspecified atom stereocenters. The number of piperidine rings is 1. The molecule has 186 valence electrons. The van der Waals surface area contributed by atoms with Crippen LogP contribution in [0.3, 0.4) is 0 Å². The molecule has 2 rings (SSSR count). The molecule has 1 aromatic carbocycles. The number of ether oxygens (including phenoxy) is 2. The Kier molecular flexibility index (Phi) is 13.7. The zero-order chi connectivity index (χ0) is 25.6. The summed E-state index contributed by atoms with van der Waals surface area (Å²) in [6.07, 6.45) is 2.83. The Morgan fingerprint density at radius 1 is 1.12 bits per heavy atom.